The van der Waals surface area contributed by atoms with E-state index in [1.807, 2.05) is 6.26 Å². The van der Waals surface area contributed by atoms with Gasteiger partial charge in [-0.3, -0.25) is 0 Å². The molecule has 0 spiro atoms. The Labute approximate surface area is 106 Å². The van der Waals surface area contributed by atoms with Gasteiger partial charge in [-0.1, -0.05) is 0 Å². The van der Waals surface area contributed by atoms with Crippen LogP contribution in [0.3, 0.4) is 0 Å². The quantitative estimate of drug-likeness (QED) is 0.532. The van der Waals surface area contributed by atoms with E-state index in [4.69, 9.17) is 5.73 Å². The predicted octanol–water partition coefficient (Wildman–Crippen LogP) is 0.952. The average Bonchev–Trinajstić information content (AvgIpc) is 2.29. The van der Waals surface area contributed by atoms with Crippen molar-refractivity contribution in [3.8, 4) is 0 Å². The Hall–Kier alpha value is -0.920. The van der Waals surface area contributed by atoms with E-state index in [1.54, 1.807) is 23.9 Å². The monoisotopic (exact) mass is 275 g/mol. The number of hydrogen-bond donors (Lipinski definition) is 3. The first-order valence-corrected chi connectivity index (χ1v) is 7.95. The summed E-state index contributed by atoms with van der Waals surface area (Å²) < 4.78 is 25.4. The highest BCUT2D eigenvalue weighted by Gasteiger charge is 2.14. The third-order valence-electron chi connectivity index (χ3n) is 2.20. The molecule has 0 aliphatic rings. The molecule has 17 heavy (non-hydrogen) atoms. The van der Waals surface area contributed by atoms with Gasteiger partial charge >= 0.3 is 0 Å². The van der Waals surface area contributed by atoms with E-state index in [0.29, 0.717) is 0 Å². The van der Waals surface area contributed by atoms with Crippen molar-refractivity contribution in [2.75, 3.05) is 36.7 Å². The molecule has 4 N–H and O–H groups in total. The van der Waals surface area contributed by atoms with Gasteiger partial charge in [-0.2, -0.15) is 11.8 Å². The molecule has 0 saturated carbocycles. The lowest BCUT2D eigenvalue weighted by Crippen LogP contribution is -2.20. The zero-order chi connectivity index (χ0) is 12.9. The van der Waals surface area contributed by atoms with Crippen LogP contribution >= 0.6 is 11.8 Å². The molecule has 1 rings (SSSR count). The van der Waals surface area contributed by atoms with Crippen molar-refractivity contribution in [1.29, 1.82) is 0 Å². The van der Waals surface area contributed by atoms with Crippen LogP contribution < -0.4 is 15.8 Å². The highest BCUT2D eigenvalue weighted by atomic mass is 32.2. The van der Waals surface area contributed by atoms with Crippen LogP contribution in [0.1, 0.15) is 0 Å². The molecule has 0 saturated heterocycles. The summed E-state index contributed by atoms with van der Waals surface area (Å²) in [6.07, 6.45) is 2.03. The van der Waals surface area contributed by atoms with Crippen LogP contribution in [0.5, 0.6) is 0 Å². The summed E-state index contributed by atoms with van der Waals surface area (Å²) in [6.45, 7) is 0.818. The number of nitrogens with one attached hydrogen (secondary N) is 2. The van der Waals surface area contributed by atoms with Crippen LogP contribution in [-0.4, -0.2) is 34.0 Å². The van der Waals surface area contributed by atoms with Crippen LogP contribution in [0.2, 0.25) is 0 Å². The maximum atomic E-state index is 11.6. The molecule has 96 valence electrons. The first-order valence-electron chi connectivity index (χ1n) is 5.07. The fraction of sp³-hybridized carbons (Fsp3) is 0.400. The Morgan fingerprint density at radius 3 is 2.65 bits per heavy atom. The molecule has 1 aromatic rings. The van der Waals surface area contributed by atoms with E-state index in [2.05, 4.69) is 10.0 Å². The summed E-state index contributed by atoms with van der Waals surface area (Å²) in [5.74, 6) is 0.983. The van der Waals surface area contributed by atoms with E-state index < -0.39 is 10.0 Å². The van der Waals surface area contributed by atoms with Crippen LogP contribution in [0.15, 0.2) is 23.1 Å². The topological polar surface area (TPSA) is 84.2 Å². The first-order chi connectivity index (χ1) is 8.01. The molecular weight excluding hydrogens is 258 g/mol. The minimum Gasteiger partial charge on any atom is -0.398 e. The standard InChI is InChI=1S/C10H17N3O2S2/c1-12-17(14,15)10-4-3-8(7-9(10)11)13-5-6-16-2/h3-4,7,12-13H,5-6,11H2,1-2H3. The predicted molar refractivity (Wildman–Crippen MR) is 74.0 cm³/mol. The lowest BCUT2D eigenvalue weighted by atomic mass is 10.3. The summed E-state index contributed by atoms with van der Waals surface area (Å²) in [6, 6.07) is 4.84. The van der Waals surface area contributed by atoms with Crippen molar-refractivity contribution in [2.45, 2.75) is 4.90 Å². The molecule has 0 aliphatic heterocycles. The number of rotatable bonds is 6. The normalized spacial score (nSPS) is 11.4. The zero-order valence-electron chi connectivity index (χ0n) is 9.86. The second-order valence-electron chi connectivity index (χ2n) is 3.38. The van der Waals surface area contributed by atoms with Gasteiger partial charge in [0.15, 0.2) is 0 Å². The maximum Gasteiger partial charge on any atom is 0.242 e. The molecule has 7 heteroatoms. The summed E-state index contributed by atoms with van der Waals surface area (Å²) >= 11 is 1.74. The van der Waals surface area contributed by atoms with Gasteiger partial charge in [0.25, 0.3) is 0 Å². The highest BCUT2D eigenvalue weighted by Crippen LogP contribution is 2.22. The average molecular weight is 275 g/mol. The summed E-state index contributed by atoms with van der Waals surface area (Å²) in [5.41, 5.74) is 6.79. The van der Waals surface area contributed by atoms with E-state index in [9.17, 15) is 8.42 Å². The lowest BCUT2D eigenvalue weighted by molar-refractivity contribution is 0.588. The van der Waals surface area contributed by atoms with E-state index in [0.717, 1.165) is 18.0 Å². The Bertz CT molecular complexity index is 474. The van der Waals surface area contributed by atoms with Crippen molar-refractivity contribution < 1.29 is 8.42 Å². The number of hydrogen-bond acceptors (Lipinski definition) is 5. The molecule has 1 aromatic carbocycles. The summed E-state index contributed by atoms with van der Waals surface area (Å²) in [7, 11) is -2.12. The van der Waals surface area contributed by atoms with Crippen molar-refractivity contribution in [3.05, 3.63) is 18.2 Å². The largest absolute Gasteiger partial charge is 0.398 e. The third-order valence-corrected chi connectivity index (χ3v) is 4.30. The van der Waals surface area contributed by atoms with Gasteiger partial charge in [0.05, 0.1) is 5.69 Å². The van der Waals surface area contributed by atoms with Crippen molar-refractivity contribution in [1.82, 2.24) is 4.72 Å². The van der Waals surface area contributed by atoms with Gasteiger partial charge in [-0.05, 0) is 31.5 Å². The number of anilines is 2. The van der Waals surface area contributed by atoms with E-state index >= 15 is 0 Å². The Morgan fingerprint density at radius 1 is 1.41 bits per heavy atom. The second kappa shape index (κ2) is 6.13. The molecule has 5 nitrogen and oxygen atoms in total. The number of thioether (sulfide) groups is 1. The summed E-state index contributed by atoms with van der Waals surface area (Å²) in [4.78, 5) is 0.107. The minimum atomic E-state index is -3.48. The zero-order valence-corrected chi connectivity index (χ0v) is 11.5. The molecular formula is C10H17N3O2S2. The molecule has 0 amide bonds. The number of benzene rings is 1. The van der Waals surface area contributed by atoms with Crippen LogP contribution in [-0.2, 0) is 10.0 Å². The fourth-order valence-electron chi connectivity index (χ4n) is 1.31. The second-order valence-corrected chi connectivity index (χ2v) is 6.22. The van der Waals surface area contributed by atoms with Crippen LogP contribution in [0, 0.1) is 0 Å². The molecule has 0 unspecified atom stereocenters. The molecule has 0 aromatic heterocycles. The smallest absolute Gasteiger partial charge is 0.242 e. The van der Waals surface area contributed by atoms with Gasteiger partial charge in [-0.25, -0.2) is 13.1 Å². The van der Waals surface area contributed by atoms with Crippen molar-refractivity contribution >= 4 is 33.2 Å². The molecule has 0 radical (unpaired) electrons. The van der Waals surface area contributed by atoms with Crippen molar-refractivity contribution in [3.63, 3.8) is 0 Å². The van der Waals surface area contributed by atoms with Gasteiger partial charge in [0.2, 0.25) is 10.0 Å². The Kier molecular flexibility index (Phi) is 5.10. The highest BCUT2D eigenvalue weighted by molar-refractivity contribution is 7.98. The molecule has 0 bridgehead atoms. The number of sulfonamides is 1. The Morgan fingerprint density at radius 2 is 2.12 bits per heavy atom. The van der Waals surface area contributed by atoms with E-state index in [1.165, 1.54) is 13.1 Å². The fourth-order valence-corrected chi connectivity index (χ4v) is 2.45. The van der Waals surface area contributed by atoms with E-state index in [-0.39, 0.29) is 10.6 Å². The molecule has 0 aliphatic carbocycles. The van der Waals surface area contributed by atoms with Gasteiger partial charge < -0.3 is 11.1 Å². The van der Waals surface area contributed by atoms with Crippen LogP contribution in [0.4, 0.5) is 11.4 Å². The SMILES string of the molecule is CNS(=O)(=O)c1ccc(NCCSC)cc1N. The summed E-state index contributed by atoms with van der Waals surface area (Å²) in [5, 5.41) is 3.17. The maximum absolute atomic E-state index is 11.6. The number of nitrogens with two attached hydrogens (primary N) is 1. The van der Waals surface area contributed by atoms with Gasteiger partial charge in [0, 0.05) is 18.0 Å². The third kappa shape index (κ3) is 3.79. The molecule has 0 atom stereocenters. The Balaban J connectivity index is 2.87. The molecule has 0 fully saturated rings. The van der Waals surface area contributed by atoms with Crippen molar-refractivity contribution in [2.24, 2.45) is 0 Å². The molecule has 0 heterocycles. The minimum absolute atomic E-state index is 0.107. The van der Waals surface area contributed by atoms with Gasteiger partial charge in [-0.15, -0.1) is 0 Å². The number of nitrogen functional groups attached to an aromatic ring is 1. The van der Waals surface area contributed by atoms with Gasteiger partial charge in [0.1, 0.15) is 4.90 Å². The first kappa shape index (κ1) is 14.1. The van der Waals surface area contributed by atoms with Crippen LogP contribution in [0.25, 0.3) is 0 Å². The lowest BCUT2D eigenvalue weighted by Gasteiger charge is -2.10.